The van der Waals surface area contributed by atoms with Crippen LogP contribution in [0.25, 0.3) is 0 Å². The summed E-state index contributed by atoms with van der Waals surface area (Å²) in [6.45, 7) is 0. The zero-order chi connectivity index (χ0) is 19.4. The smallest absolute Gasteiger partial charge is 0.261 e. The van der Waals surface area contributed by atoms with E-state index < -0.39 is 10.0 Å². The molecule has 1 aliphatic rings. The van der Waals surface area contributed by atoms with Gasteiger partial charge in [0.05, 0.1) is 4.90 Å². The third kappa shape index (κ3) is 4.90. The van der Waals surface area contributed by atoms with Crippen LogP contribution in [0.2, 0.25) is 0 Å². The maximum Gasteiger partial charge on any atom is 0.261 e. The first-order valence-corrected chi connectivity index (χ1v) is 11.3. The Balaban J connectivity index is 1.76. The molecule has 1 saturated carbocycles. The van der Waals surface area contributed by atoms with Gasteiger partial charge in [0.2, 0.25) is 0 Å². The quantitative estimate of drug-likeness (QED) is 0.720. The molecule has 7 heteroatoms. The molecule has 1 aliphatic carbocycles. The first kappa shape index (κ1) is 19.9. The van der Waals surface area contributed by atoms with Crippen molar-refractivity contribution in [1.29, 1.82) is 0 Å². The molecule has 0 spiro atoms. The van der Waals surface area contributed by atoms with Crippen molar-refractivity contribution in [2.24, 2.45) is 0 Å². The zero-order valence-corrected chi connectivity index (χ0v) is 17.6. The maximum absolute atomic E-state index is 12.8. The Labute approximate surface area is 169 Å². The van der Waals surface area contributed by atoms with Crippen LogP contribution in [0.15, 0.2) is 57.9 Å². The van der Waals surface area contributed by atoms with Crippen LogP contribution in [-0.4, -0.2) is 32.3 Å². The van der Waals surface area contributed by atoms with Gasteiger partial charge in [0.1, 0.15) is 0 Å². The van der Waals surface area contributed by atoms with E-state index in [1.54, 1.807) is 41.3 Å². The number of rotatable bonds is 5. The minimum absolute atomic E-state index is 0.0772. The van der Waals surface area contributed by atoms with Crippen molar-refractivity contribution in [3.8, 4) is 0 Å². The van der Waals surface area contributed by atoms with Crippen molar-refractivity contribution < 1.29 is 13.2 Å². The normalized spacial score (nSPS) is 15.3. The lowest BCUT2D eigenvalue weighted by molar-refractivity contribution is 0.0696. The van der Waals surface area contributed by atoms with Gasteiger partial charge in [-0.3, -0.25) is 9.52 Å². The number of benzene rings is 2. The summed E-state index contributed by atoms with van der Waals surface area (Å²) in [6.07, 6.45) is 5.58. The number of halogens is 1. The van der Waals surface area contributed by atoms with Gasteiger partial charge in [-0.25, -0.2) is 8.42 Å². The van der Waals surface area contributed by atoms with E-state index in [1.165, 1.54) is 18.6 Å². The fourth-order valence-corrected chi connectivity index (χ4v) is 4.70. The van der Waals surface area contributed by atoms with Gasteiger partial charge in [0, 0.05) is 28.8 Å². The number of hydrogen-bond donors (Lipinski definition) is 1. The third-order valence-corrected chi connectivity index (χ3v) is 6.85. The van der Waals surface area contributed by atoms with Crippen LogP contribution in [0.1, 0.15) is 42.5 Å². The van der Waals surface area contributed by atoms with Crippen molar-refractivity contribution in [3.05, 3.63) is 58.6 Å². The largest absolute Gasteiger partial charge is 0.339 e. The predicted octanol–water partition coefficient (Wildman–Crippen LogP) is 4.65. The fraction of sp³-hybridized carbons (Fsp3) is 0.350. The number of nitrogens with zero attached hydrogens (tertiary/aromatic N) is 1. The summed E-state index contributed by atoms with van der Waals surface area (Å²) in [6, 6.07) is 13.3. The summed E-state index contributed by atoms with van der Waals surface area (Å²) >= 11 is 3.29. The van der Waals surface area contributed by atoms with E-state index in [0.717, 1.165) is 30.2 Å². The van der Waals surface area contributed by atoms with E-state index in [4.69, 9.17) is 0 Å². The molecular weight excluding hydrogens is 428 g/mol. The Morgan fingerprint density at radius 2 is 1.74 bits per heavy atom. The summed E-state index contributed by atoms with van der Waals surface area (Å²) in [7, 11) is -1.88. The average molecular weight is 451 g/mol. The first-order chi connectivity index (χ1) is 12.9. The van der Waals surface area contributed by atoms with E-state index in [0.29, 0.717) is 11.3 Å². The second-order valence-electron chi connectivity index (χ2n) is 6.85. The van der Waals surface area contributed by atoms with Gasteiger partial charge >= 0.3 is 0 Å². The van der Waals surface area contributed by atoms with Crippen LogP contribution < -0.4 is 4.72 Å². The molecule has 0 aliphatic heterocycles. The molecule has 0 saturated heterocycles. The minimum Gasteiger partial charge on any atom is -0.339 e. The van der Waals surface area contributed by atoms with Crippen LogP contribution in [0, 0.1) is 0 Å². The van der Waals surface area contributed by atoms with Crippen molar-refractivity contribution in [2.75, 3.05) is 11.8 Å². The number of amides is 1. The second kappa shape index (κ2) is 8.44. The number of anilines is 1. The lowest BCUT2D eigenvalue weighted by Crippen LogP contribution is -2.38. The Morgan fingerprint density at radius 3 is 2.41 bits per heavy atom. The Kier molecular flexibility index (Phi) is 6.22. The summed E-state index contributed by atoms with van der Waals surface area (Å²) in [5.41, 5.74) is 0.861. The van der Waals surface area contributed by atoms with E-state index in [2.05, 4.69) is 20.7 Å². The molecule has 3 rings (SSSR count). The van der Waals surface area contributed by atoms with Crippen molar-refractivity contribution in [2.45, 2.75) is 43.0 Å². The number of carbonyl (C=O) groups excluding carboxylic acids is 1. The van der Waals surface area contributed by atoms with Crippen LogP contribution in [-0.2, 0) is 10.0 Å². The maximum atomic E-state index is 12.8. The molecule has 0 atom stereocenters. The Hall–Kier alpha value is -1.86. The van der Waals surface area contributed by atoms with Crippen LogP contribution in [0.3, 0.4) is 0 Å². The van der Waals surface area contributed by atoms with Crippen LogP contribution in [0.5, 0.6) is 0 Å². The molecule has 2 aromatic carbocycles. The number of nitrogens with one attached hydrogen (secondary N) is 1. The lowest BCUT2D eigenvalue weighted by atomic mass is 9.94. The molecule has 27 heavy (non-hydrogen) atoms. The highest BCUT2D eigenvalue weighted by Crippen LogP contribution is 2.24. The molecule has 2 aromatic rings. The van der Waals surface area contributed by atoms with Gasteiger partial charge in [-0.15, -0.1) is 0 Å². The Morgan fingerprint density at radius 1 is 1.07 bits per heavy atom. The minimum atomic E-state index is -3.71. The van der Waals surface area contributed by atoms with Crippen molar-refractivity contribution in [1.82, 2.24) is 4.90 Å². The van der Waals surface area contributed by atoms with E-state index in [1.807, 2.05) is 7.05 Å². The summed E-state index contributed by atoms with van der Waals surface area (Å²) < 4.78 is 28.5. The van der Waals surface area contributed by atoms with Gasteiger partial charge in [-0.05, 0) is 55.3 Å². The molecule has 0 heterocycles. The molecule has 5 nitrogen and oxygen atoms in total. The zero-order valence-electron chi connectivity index (χ0n) is 15.2. The summed E-state index contributed by atoms with van der Waals surface area (Å²) in [5.74, 6) is -0.0772. The molecule has 1 N–H and O–H groups in total. The molecular formula is C20H23BrN2O3S. The molecule has 0 radical (unpaired) electrons. The van der Waals surface area contributed by atoms with E-state index in [-0.39, 0.29) is 16.8 Å². The number of sulfonamides is 1. The third-order valence-electron chi connectivity index (χ3n) is 4.93. The van der Waals surface area contributed by atoms with E-state index in [9.17, 15) is 13.2 Å². The standard InChI is InChI=1S/C20H23BrN2O3S/c1-23(18-8-3-2-4-9-18)20(24)15-6-5-7-17(14-15)22-27(25,26)19-12-10-16(21)11-13-19/h5-7,10-14,18,22H,2-4,8-9H2,1H3. The molecule has 1 fully saturated rings. The van der Waals surface area contributed by atoms with Gasteiger partial charge in [0.15, 0.2) is 0 Å². The highest BCUT2D eigenvalue weighted by atomic mass is 79.9. The summed E-state index contributed by atoms with van der Waals surface area (Å²) in [4.78, 5) is 14.8. The Bertz CT molecular complexity index is 907. The van der Waals surface area contributed by atoms with Crippen molar-refractivity contribution >= 4 is 37.5 Å². The predicted molar refractivity (Wildman–Crippen MR) is 110 cm³/mol. The summed E-state index contributed by atoms with van der Waals surface area (Å²) in [5, 5.41) is 0. The van der Waals surface area contributed by atoms with Crippen LogP contribution >= 0.6 is 15.9 Å². The molecule has 0 aromatic heterocycles. The van der Waals surface area contributed by atoms with E-state index >= 15 is 0 Å². The number of hydrogen-bond acceptors (Lipinski definition) is 3. The monoisotopic (exact) mass is 450 g/mol. The number of carbonyl (C=O) groups is 1. The highest BCUT2D eigenvalue weighted by molar-refractivity contribution is 9.10. The van der Waals surface area contributed by atoms with Gasteiger partial charge in [0.25, 0.3) is 15.9 Å². The molecule has 0 bridgehead atoms. The van der Waals surface area contributed by atoms with Gasteiger partial charge < -0.3 is 4.90 Å². The fourth-order valence-electron chi connectivity index (χ4n) is 3.38. The molecule has 1 amide bonds. The van der Waals surface area contributed by atoms with Gasteiger partial charge in [-0.2, -0.15) is 0 Å². The lowest BCUT2D eigenvalue weighted by Gasteiger charge is -2.31. The highest BCUT2D eigenvalue weighted by Gasteiger charge is 2.23. The van der Waals surface area contributed by atoms with Crippen molar-refractivity contribution in [3.63, 3.8) is 0 Å². The average Bonchev–Trinajstić information content (AvgIpc) is 2.67. The second-order valence-corrected chi connectivity index (χ2v) is 9.45. The first-order valence-electron chi connectivity index (χ1n) is 9.02. The van der Waals surface area contributed by atoms with Gasteiger partial charge in [-0.1, -0.05) is 41.3 Å². The molecule has 144 valence electrons. The van der Waals surface area contributed by atoms with Crippen LogP contribution in [0.4, 0.5) is 5.69 Å². The topological polar surface area (TPSA) is 66.5 Å². The molecule has 0 unspecified atom stereocenters. The SMILES string of the molecule is CN(C(=O)c1cccc(NS(=O)(=O)c2ccc(Br)cc2)c1)C1CCCCC1.